The second-order valence-corrected chi connectivity index (χ2v) is 5.42. The first-order valence-electron chi connectivity index (χ1n) is 7.91. The molecule has 1 amide bonds. The van der Waals surface area contributed by atoms with Crippen LogP contribution in [0.3, 0.4) is 0 Å². The summed E-state index contributed by atoms with van der Waals surface area (Å²) in [6, 6.07) is 12.9. The number of hydrogen-bond acceptors (Lipinski definition) is 6. The molecule has 26 heavy (non-hydrogen) atoms. The van der Waals surface area contributed by atoms with Gasteiger partial charge in [-0.15, -0.1) is 0 Å². The lowest BCUT2D eigenvalue weighted by molar-refractivity contribution is -0.111. The number of para-hydroxylation sites is 1. The largest absolute Gasteiger partial charge is 0.488 e. The van der Waals surface area contributed by atoms with E-state index < -0.39 is 5.91 Å². The van der Waals surface area contributed by atoms with Gasteiger partial charge >= 0.3 is 0 Å². The van der Waals surface area contributed by atoms with E-state index in [0.717, 1.165) is 22.3 Å². The van der Waals surface area contributed by atoms with Crippen molar-refractivity contribution in [1.29, 1.82) is 0 Å². The zero-order valence-electron chi connectivity index (χ0n) is 13.6. The summed E-state index contributed by atoms with van der Waals surface area (Å²) in [5.74, 6) is 0.690. The van der Waals surface area contributed by atoms with Gasteiger partial charge in [-0.3, -0.25) is 9.79 Å². The van der Waals surface area contributed by atoms with Crippen LogP contribution in [0.4, 0.5) is 5.82 Å². The molecule has 7 nitrogen and oxygen atoms in total. The van der Waals surface area contributed by atoms with Crippen molar-refractivity contribution in [2.45, 2.75) is 0 Å². The zero-order chi connectivity index (χ0) is 17.8. The van der Waals surface area contributed by atoms with Gasteiger partial charge in [-0.25, -0.2) is 20.0 Å². The molecule has 0 fully saturated rings. The van der Waals surface area contributed by atoms with Crippen molar-refractivity contribution >= 4 is 41.3 Å². The highest BCUT2D eigenvalue weighted by atomic mass is 16.5. The normalized spacial score (nSPS) is 19.0. The fourth-order valence-electron chi connectivity index (χ4n) is 2.49. The SMILES string of the molecule is O=C1\C=N/C=c2/cccc/c2=N/c2ncnc3ccc(cc23)OC/C=N\1. The Balaban J connectivity index is 1.99. The molecule has 126 valence electrons. The maximum atomic E-state index is 11.7. The molecule has 2 bridgehead atoms. The fraction of sp³-hybridized carbons (Fsp3) is 0.0526. The lowest BCUT2D eigenvalue weighted by Gasteiger charge is -2.05. The lowest BCUT2D eigenvalue weighted by atomic mass is 10.2. The Bertz CT molecular complexity index is 1170. The third-order valence-corrected chi connectivity index (χ3v) is 3.69. The Morgan fingerprint density at radius 1 is 1.04 bits per heavy atom. The first kappa shape index (κ1) is 15.8. The van der Waals surface area contributed by atoms with Crippen molar-refractivity contribution in [3.05, 3.63) is 59.4 Å². The highest BCUT2D eigenvalue weighted by Gasteiger charge is 2.05. The molecule has 1 aromatic heterocycles. The van der Waals surface area contributed by atoms with Crippen molar-refractivity contribution in [3.8, 4) is 5.75 Å². The molecule has 0 saturated heterocycles. The predicted molar refractivity (Wildman–Crippen MR) is 98.4 cm³/mol. The van der Waals surface area contributed by atoms with Crippen LogP contribution in [-0.4, -0.2) is 34.9 Å². The Labute approximate surface area is 148 Å². The number of aromatic nitrogens is 2. The molecule has 2 aromatic carbocycles. The molecule has 3 aromatic rings. The van der Waals surface area contributed by atoms with Gasteiger partial charge in [0.05, 0.1) is 17.1 Å². The quantitative estimate of drug-likeness (QED) is 0.617. The third-order valence-electron chi connectivity index (χ3n) is 3.69. The first-order valence-corrected chi connectivity index (χ1v) is 7.91. The van der Waals surface area contributed by atoms with E-state index in [1.54, 1.807) is 12.3 Å². The van der Waals surface area contributed by atoms with Gasteiger partial charge in [-0.2, -0.15) is 0 Å². The summed E-state index contributed by atoms with van der Waals surface area (Å²) in [5.41, 5.74) is 0.763. The van der Waals surface area contributed by atoms with Crippen LogP contribution in [0.25, 0.3) is 17.1 Å². The van der Waals surface area contributed by atoms with E-state index in [0.29, 0.717) is 16.9 Å². The fourth-order valence-corrected chi connectivity index (χ4v) is 2.49. The van der Waals surface area contributed by atoms with Gasteiger partial charge in [-0.05, 0) is 24.3 Å². The highest BCUT2D eigenvalue weighted by Crippen LogP contribution is 2.25. The molecular weight excluding hydrogens is 330 g/mol. The number of carbonyl (C=O) groups is 1. The van der Waals surface area contributed by atoms with E-state index in [9.17, 15) is 4.79 Å². The molecule has 0 atom stereocenters. The summed E-state index contributed by atoms with van der Waals surface area (Å²) >= 11 is 0. The van der Waals surface area contributed by atoms with Gasteiger partial charge < -0.3 is 4.74 Å². The molecule has 2 heterocycles. The predicted octanol–water partition coefficient (Wildman–Crippen LogP) is 1.38. The molecule has 4 rings (SSSR count). The van der Waals surface area contributed by atoms with Crippen molar-refractivity contribution in [2.24, 2.45) is 15.0 Å². The summed E-state index contributed by atoms with van der Waals surface area (Å²) in [7, 11) is 0. The number of nitrogens with zero attached hydrogens (tertiary/aromatic N) is 5. The number of amides is 1. The molecule has 0 N–H and O–H groups in total. The number of ether oxygens (including phenoxy) is 1. The van der Waals surface area contributed by atoms with Crippen LogP contribution in [0, 0.1) is 0 Å². The monoisotopic (exact) mass is 343 g/mol. The number of aliphatic imine (C=N–C) groups is 2. The van der Waals surface area contributed by atoms with E-state index in [-0.39, 0.29) is 6.61 Å². The zero-order valence-corrected chi connectivity index (χ0v) is 13.6. The van der Waals surface area contributed by atoms with E-state index in [2.05, 4.69) is 24.9 Å². The minimum Gasteiger partial charge on any atom is -0.488 e. The average Bonchev–Trinajstić information content (AvgIpc) is 2.67. The Hall–Kier alpha value is -3.74. The average molecular weight is 343 g/mol. The Kier molecular flexibility index (Phi) is 4.26. The molecule has 0 saturated carbocycles. The van der Waals surface area contributed by atoms with Gasteiger partial charge in [0, 0.05) is 23.0 Å². The Morgan fingerprint density at radius 2 is 1.96 bits per heavy atom. The standard InChI is InChI=1S/C19H13N5O2/c25-18-11-20-10-13-3-1-2-4-16(13)24-19-15-9-14(26-8-7-21-18)5-6-17(15)22-12-23-19/h1-7,9-12H,8H2/b13-10-,20-11-,21-7-,24-16-. The summed E-state index contributed by atoms with van der Waals surface area (Å²) in [4.78, 5) is 32.7. The van der Waals surface area contributed by atoms with E-state index >= 15 is 0 Å². The molecule has 0 unspecified atom stereocenters. The minimum absolute atomic E-state index is 0.162. The summed E-state index contributed by atoms with van der Waals surface area (Å²) in [6.45, 7) is 0.162. The van der Waals surface area contributed by atoms with E-state index in [1.807, 2.05) is 36.4 Å². The van der Waals surface area contributed by atoms with Crippen LogP contribution in [0.5, 0.6) is 5.75 Å². The molecule has 7 heteroatoms. The minimum atomic E-state index is -0.459. The van der Waals surface area contributed by atoms with Gasteiger partial charge in [0.2, 0.25) is 0 Å². The van der Waals surface area contributed by atoms with Crippen molar-refractivity contribution < 1.29 is 9.53 Å². The maximum Gasteiger partial charge on any atom is 0.287 e. The first-order chi connectivity index (χ1) is 12.8. The van der Waals surface area contributed by atoms with Gasteiger partial charge in [-0.1, -0.05) is 18.2 Å². The topological polar surface area (TPSA) is 89.2 Å². The van der Waals surface area contributed by atoms with Crippen molar-refractivity contribution in [3.63, 3.8) is 0 Å². The van der Waals surface area contributed by atoms with Gasteiger partial charge in [0.25, 0.3) is 5.91 Å². The van der Waals surface area contributed by atoms with E-state index in [4.69, 9.17) is 4.74 Å². The second kappa shape index (κ2) is 7.02. The number of rotatable bonds is 0. The number of carbonyl (C=O) groups excluding carboxylic acids is 1. The van der Waals surface area contributed by atoms with Crippen LogP contribution < -0.4 is 15.3 Å². The summed E-state index contributed by atoms with van der Waals surface area (Å²) < 4.78 is 5.61. The number of hydrogen-bond donors (Lipinski definition) is 0. The van der Waals surface area contributed by atoms with Crippen LogP contribution >= 0.6 is 0 Å². The maximum absolute atomic E-state index is 11.7. The summed E-state index contributed by atoms with van der Waals surface area (Å²) in [6.07, 6.45) is 5.59. The van der Waals surface area contributed by atoms with Crippen molar-refractivity contribution in [1.82, 2.24) is 9.97 Å². The molecule has 1 aliphatic rings. The molecule has 0 radical (unpaired) electrons. The molecule has 0 aliphatic carbocycles. The van der Waals surface area contributed by atoms with E-state index in [1.165, 1.54) is 12.5 Å². The van der Waals surface area contributed by atoms with Crippen LogP contribution in [-0.2, 0) is 4.79 Å². The Morgan fingerprint density at radius 3 is 2.92 bits per heavy atom. The molecule has 1 aliphatic heterocycles. The summed E-state index contributed by atoms with van der Waals surface area (Å²) in [5, 5.41) is 2.21. The van der Waals surface area contributed by atoms with Crippen LogP contribution in [0.1, 0.15) is 0 Å². The molecular formula is C19H13N5O2. The second-order valence-electron chi connectivity index (χ2n) is 5.42. The smallest absolute Gasteiger partial charge is 0.287 e. The highest BCUT2D eigenvalue weighted by molar-refractivity contribution is 6.28. The molecule has 0 spiro atoms. The third kappa shape index (κ3) is 3.36. The number of benzene rings is 2. The van der Waals surface area contributed by atoms with Gasteiger partial charge in [0.1, 0.15) is 18.7 Å². The van der Waals surface area contributed by atoms with Crippen LogP contribution in [0.15, 0.2) is 63.8 Å². The lowest BCUT2D eigenvalue weighted by Crippen LogP contribution is -2.23. The van der Waals surface area contributed by atoms with Crippen LogP contribution in [0.2, 0.25) is 0 Å². The van der Waals surface area contributed by atoms with Gasteiger partial charge in [0.15, 0.2) is 5.82 Å². The van der Waals surface area contributed by atoms with Crippen molar-refractivity contribution in [2.75, 3.05) is 6.61 Å². The number of fused-ring (bicyclic) bond motifs is 2.